The fourth-order valence-corrected chi connectivity index (χ4v) is 3.06. The highest BCUT2D eigenvalue weighted by Crippen LogP contribution is 2.24. The van der Waals surface area contributed by atoms with Crippen molar-refractivity contribution in [3.63, 3.8) is 0 Å². The number of rotatable bonds is 8. The Hall–Kier alpha value is -2.93. The molecule has 0 aliphatic carbocycles. The lowest BCUT2D eigenvalue weighted by molar-refractivity contribution is -0.132. The first kappa shape index (κ1) is 18.8. The number of carbonyl (C=O) groups excluding carboxylic acids is 3. The highest BCUT2D eigenvalue weighted by molar-refractivity contribution is 6.21. The lowest BCUT2D eigenvalue weighted by Gasteiger charge is -2.22. The average molecular weight is 370 g/mol. The molecule has 1 aromatic heterocycles. The molecule has 0 spiro atoms. The molecule has 142 valence electrons. The predicted molar refractivity (Wildman–Crippen MR) is 97.2 cm³/mol. The standard InChI is InChI=1S/C20H22N2O5/c1-14-5-6-16-17(12-14)20(25)22(19(16)24)8-7-18(23)21(9-11-26-2)13-15-4-3-10-27-15/h3-6,10,12H,7-9,11,13H2,1-2H3. The van der Waals surface area contributed by atoms with Crippen molar-refractivity contribution < 1.29 is 23.5 Å². The Morgan fingerprint density at radius 3 is 2.67 bits per heavy atom. The van der Waals surface area contributed by atoms with Crippen molar-refractivity contribution >= 4 is 17.7 Å². The van der Waals surface area contributed by atoms with Gasteiger partial charge in [-0.25, -0.2) is 0 Å². The van der Waals surface area contributed by atoms with E-state index in [-0.39, 0.29) is 30.7 Å². The van der Waals surface area contributed by atoms with Gasteiger partial charge in [0.1, 0.15) is 5.76 Å². The van der Waals surface area contributed by atoms with Crippen LogP contribution in [0.2, 0.25) is 0 Å². The summed E-state index contributed by atoms with van der Waals surface area (Å²) in [6.45, 7) is 3.02. The Balaban J connectivity index is 1.64. The second-order valence-corrected chi connectivity index (χ2v) is 6.45. The molecule has 0 bridgehead atoms. The third kappa shape index (κ3) is 4.09. The third-order valence-corrected chi connectivity index (χ3v) is 4.52. The van der Waals surface area contributed by atoms with E-state index in [1.54, 1.807) is 48.6 Å². The smallest absolute Gasteiger partial charge is 0.261 e. The first-order chi connectivity index (χ1) is 13.0. The van der Waals surface area contributed by atoms with Crippen LogP contribution in [-0.4, -0.2) is 54.3 Å². The van der Waals surface area contributed by atoms with E-state index in [0.717, 1.165) is 10.5 Å². The predicted octanol–water partition coefficient (Wildman–Crippen LogP) is 2.25. The van der Waals surface area contributed by atoms with Crippen LogP contribution in [0.3, 0.4) is 0 Å². The van der Waals surface area contributed by atoms with Crippen molar-refractivity contribution in [2.45, 2.75) is 19.9 Å². The summed E-state index contributed by atoms with van der Waals surface area (Å²) < 4.78 is 10.4. The molecular formula is C20H22N2O5. The van der Waals surface area contributed by atoms with Crippen LogP contribution in [0.1, 0.15) is 38.5 Å². The van der Waals surface area contributed by atoms with Gasteiger partial charge in [-0.05, 0) is 31.2 Å². The van der Waals surface area contributed by atoms with Crippen molar-refractivity contribution in [1.82, 2.24) is 9.80 Å². The van der Waals surface area contributed by atoms with E-state index in [9.17, 15) is 14.4 Å². The van der Waals surface area contributed by atoms with Crippen molar-refractivity contribution in [3.05, 3.63) is 59.0 Å². The van der Waals surface area contributed by atoms with E-state index in [4.69, 9.17) is 9.15 Å². The number of carbonyl (C=O) groups is 3. The van der Waals surface area contributed by atoms with Gasteiger partial charge in [-0.2, -0.15) is 0 Å². The van der Waals surface area contributed by atoms with Crippen LogP contribution < -0.4 is 0 Å². The second kappa shape index (κ2) is 8.18. The molecule has 0 saturated carbocycles. The minimum absolute atomic E-state index is 0.0475. The summed E-state index contributed by atoms with van der Waals surface area (Å²) in [6, 6.07) is 8.72. The Morgan fingerprint density at radius 2 is 1.96 bits per heavy atom. The zero-order valence-corrected chi connectivity index (χ0v) is 15.4. The van der Waals surface area contributed by atoms with Crippen molar-refractivity contribution in [2.24, 2.45) is 0 Å². The lowest BCUT2D eigenvalue weighted by Crippen LogP contribution is -2.37. The largest absolute Gasteiger partial charge is 0.467 e. The van der Waals surface area contributed by atoms with Gasteiger partial charge in [0.25, 0.3) is 11.8 Å². The Bertz CT molecular complexity index is 844. The van der Waals surface area contributed by atoms with Crippen LogP contribution in [0.4, 0.5) is 0 Å². The minimum atomic E-state index is -0.350. The molecule has 7 heteroatoms. The molecule has 0 atom stereocenters. The third-order valence-electron chi connectivity index (χ3n) is 4.52. The van der Waals surface area contributed by atoms with Crippen LogP contribution in [0, 0.1) is 6.92 Å². The van der Waals surface area contributed by atoms with Crippen LogP contribution in [0.5, 0.6) is 0 Å². The van der Waals surface area contributed by atoms with E-state index in [2.05, 4.69) is 0 Å². The SMILES string of the molecule is COCCN(Cc1ccco1)C(=O)CCN1C(=O)c2ccc(C)cc2C1=O. The molecule has 0 radical (unpaired) electrons. The average Bonchev–Trinajstić information content (AvgIpc) is 3.24. The van der Waals surface area contributed by atoms with Gasteiger partial charge >= 0.3 is 0 Å². The number of imide groups is 1. The monoisotopic (exact) mass is 370 g/mol. The summed E-state index contributed by atoms with van der Waals surface area (Å²) in [5, 5.41) is 0. The summed E-state index contributed by atoms with van der Waals surface area (Å²) >= 11 is 0. The van der Waals surface area contributed by atoms with Gasteiger partial charge in [0.2, 0.25) is 5.91 Å². The first-order valence-electron chi connectivity index (χ1n) is 8.77. The number of amides is 3. The summed E-state index contributed by atoms with van der Waals surface area (Å²) in [7, 11) is 1.57. The maximum absolute atomic E-state index is 12.7. The topological polar surface area (TPSA) is 80.1 Å². The van der Waals surface area contributed by atoms with Gasteiger partial charge in [-0.15, -0.1) is 0 Å². The van der Waals surface area contributed by atoms with Crippen molar-refractivity contribution in [1.29, 1.82) is 0 Å². The van der Waals surface area contributed by atoms with E-state index in [0.29, 0.717) is 36.6 Å². The number of ether oxygens (including phenoxy) is 1. The molecule has 1 aliphatic rings. The number of hydrogen-bond acceptors (Lipinski definition) is 5. The second-order valence-electron chi connectivity index (χ2n) is 6.45. The van der Waals surface area contributed by atoms with Crippen LogP contribution >= 0.6 is 0 Å². The quantitative estimate of drug-likeness (QED) is 0.666. The van der Waals surface area contributed by atoms with E-state index >= 15 is 0 Å². The summed E-state index contributed by atoms with van der Waals surface area (Å²) in [5.41, 5.74) is 1.71. The van der Waals surface area contributed by atoms with Crippen LogP contribution in [0.15, 0.2) is 41.0 Å². The molecule has 0 fully saturated rings. The Morgan fingerprint density at radius 1 is 1.19 bits per heavy atom. The number of aryl methyl sites for hydroxylation is 1. The number of fused-ring (bicyclic) bond motifs is 1. The van der Waals surface area contributed by atoms with Crippen LogP contribution in [0.25, 0.3) is 0 Å². The number of nitrogens with zero attached hydrogens (tertiary/aromatic N) is 2. The molecule has 0 N–H and O–H groups in total. The summed E-state index contributed by atoms with van der Waals surface area (Å²) in [4.78, 5) is 40.4. The lowest BCUT2D eigenvalue weighted by atomic mass is 10.1. The molecule has 0 unspecified atom stereocenters. The van der Waals surface area contributed by atoms with Gasteiger partial charge in [-0.1, -0.05) is 11.6 Å². The molecule has 2 aromatic rings. The van der Waals surface area contributed by atoms with Crippen molar-refractivity contribution in [2.75, 3.05) is 26.8 Å². The van der Waals surface area contributed by atoms with Gasteiger partial charge in [-0.3, -0.25) is 19.3 Å². The highest BCUT2D eigenvalue weighted by Gasteiger charge is 2.35. The maximum atomic E-state index is 12.7. The van der Waals surface area contributed by atoms with E-state index < -0.39 is 0 Å². The molecule has 2 heterocycles. The van der Waals surface area contributed by atoms with Gasteiger partial charge in [0.05, 0.1) is 30.5 Å². The Labute approximate surface area is 157 Å². The first-order valence-corrected chi connectivity index (χ1v) is 8.77. The fraction of sp³-hybridized carbons (Fsp3) is 0.350. The Kier molecular flexibility index (Phi) is 5.71. The van der Waals surface area contributed by atoms with Gasteiger partial charge in [0, 0.05) is 26.6 Å². The summed E-state index contributed by atoms with van der Waals surface area (Å²) in [6.07, 6.45) is 1.60. The molecule has 1 aliphatic heterocycles. The number of hydrogen-bond donors (Lipinski definition) is 0. The molecule has 3 amide bonds. The highest BCUT2D eigenvalue weighted by atomic mass is 16.5. The molecule has 7 nitrogen and oxygen atoms in total. The molecular weight excluding hydrogens is 348 g/mol. The summed E-state index contributed by atoms with van der Waals surface area (Å²) in [5.74, 6) is -0.204. The number of methoxy groups -OCH3 is 1. The zero-order valence-electron chi connectivity index (χ0n) is 15.4. The van der Waals surface area contributed by atoms with Crippen molar-refractivity contribution in [3.8, 4) is 0 Å². The maximum Gasteiger partial charge on any atom is 0.261 e. The molecule has 0 saturated heterocycles. The molecule has 3 rings (SSSR count). The normalized spacial score (nSPS) is 13.2. The fourth-order valence-electron chi connectivity index (χ4n) is 3.06. The zero-order chi connectivity index (χ0) is 19.4. The van der Waals surface area contributed by atoms with Crippen LogP contribution in [-0.2, 0) is 16.1 Å². The molecule has 1 aromatic carbocycles. The van der Waals surface area contributed by atoms with E-state index in [1.807, 2.05) is 6.92 Å². The minimum Gasteiger partial charge on any atom is -0.467 e. The number of benzene rings is 1. The number of furan rings is 1. The van der Waals surface area contributed by atoms with Gasteiger partial charge in [0.15, 0.2) is 0 Å². The van der Waals surface area contributed by atoms with Gasteiger partial charge < -0.3 is 14.1 Å². The van der Waals surface area contributed by atoms with E-state index in [1.165, 1.54) is 0 Å². The molecule has 27 heavy (non-hydrogen) atoms.